The summed E-state index contributed by atoms with van der Waals surface area (Å²) in [4.78, 5) is 43.0. The third-order valence-electron chi connectivity index (χ3n) is 4.71. The highest BCUT2D eigenvalue weighted by Crippen LogP contribution is 2.27. The highest BCUT2D eigenvalue weighted by molar-refractivity contribution is 6.30. The van der Waals surface area contributed by atoms with Crippen molar-refractivity contribution in [1.29, 1.82) is 0 Å². The average molecular weight is 472 g/mol. The van der Waals surface area contributed by atoms with Crippen LogP contribution < -0.4 is 21.9 Å². The van der Waals surface area contributed by atoms with E-state index in [1.807, 2.05) is 0 Å². The number of hydrogen-bond acceptors (Lipinski definition) is 7. The van der Waals surface area contributed by atoms with Gasteiger partial charge >= 0.3 is 5.97 Å². The van der Waals surface area contributed by atoms with Crippen LogP contribution in [0.5, 0.6) is 0 Å². The minimum atomic E-state index is -0.738. The largest absolute Gasteiger partial charge is 0.459 e. The standard InChI is InChI=1S/C23H26ClN5O4/c1-23(2,3)33-18(30)12-29-20-15(19(26-4)17(25)11-27-20)9-16(22(29)32)21(31)28-10-13-5-7-14(24)8-6-13/h5-9,11H,10,12,25H2,1-4H3,(H,26,27)(H,28,31). The first-order valence-electron chi connectivity index (χ1n) is 10.2. The van der Waals surface area contributed by atoms with E-state index in [1.54, 1.807) is 52.1 Å². The van der Waals surface area contributed by atoms with Crippen LogP contribution in [0, 0.1) is 0 Å². The highest BCUT2D eigenvalue weighted by Gasteiger charge is 2.23. The van der Waals surface area contributed by atoms with Crippen molar-refractivity contribution in [2.75, 3.05) is 18.1 Å². The molecule has 10 heteroatoms. The molecule has 0 bridgehead atoms. The number of hydrogen-bond donors (Lipinski definition) is 3. The Morgan fingerprint density at radius 2 is 1.88 bits per heavy atom. The maximum absolute atomic E-state index is 13.3. The van der Waals surface area contributed by atoms with Gasteiger partial charge in [0.05, 0.1) is 17.6 Å². The van der Waals surface area contributed by atoms with E-state index in [0.29, 0.717) is 21.8 Å². The maximum atomic E-state index is 13.3. The number of pyridine rings is 2. The van der Waals surface area contributed by atoms with Gasteiger partial charge < -0.3 is 21.1 Å². The molecular weight excluding hydrogens is 446 g/mol. The average Bonchev–Trinajstić information content (AvgIpc) is 2.73. The fraction of sp³-hybridized carbons (Fsp3) is 0.304. The lowest BCUT2D eigenvalue weighted by Crippen LogP contribution is -2.36. The van der Waals surface area contributed by atoms with E-state index in [-0.39, 0.29) is 17.8 Å². The summed E-state index contributed by atoms with van der Waals surface area (Å²) in [6, 6.07) is 8.39. The number of fused-ring (bicyclic) bond motifs is 1. The summed E-state index contributed by atoms with van der Waals surface area (Å²) in [6.45, 7) is 4.96. The van der Waals surface area contributed by atoms with Crippen molar-refractivity contribution in [1.82, 2.24) is 14.9 Å². The number of anilines is 2. The quantitative estimate of drug-likeness (QED) is 0.471. The van der Waals surface area contributed by atoms with E-state index >= 15 is 0 Å². The number of esters is 1. The Morgan fingerprint density at radius 3 is 2.48 bits per heavy atom. The van der Waals surface area contributed by atoms with E-state index in [0.717, 1.165) is 10.1 Å². The lowest BCUT2D eigenvalue weighted by Gasteiger charge is -2.20. The van der Waals surface area contributed by atoms with Gasteiger partial charge in [-0.2, -0.15) is 0 Å². The number of benzene rings is 1. The van der Waals surface area contributed by atoms with Crippen molar-refractivity contribution in [3.63, 3.8) is 0 Å². The molecule has 9 nitrogen and oxygen atoms in total. The molecule has 0 aliphatic heterocycles. The predicted octanol–water partition coefficient (Wildman–Crippen LogP) is 2.95. The lowest BCUT2D eigenvalue weighted by molar-refractivity contribution is -0.155. The summed E-state index contributed by atoms with van der Waals surface area (Å²) in [5, 5.41) is 6.70. The molecule has 0 unspecified atom stereocenters. The van der Waals surface area contributed by atoms with Crippen molar-refractivity contribution >= 4 is 45.9 Å². The molecule has 0 saturated heterocycles. The van der Waals surface area contributed by atoms with Crippen LogP contribution in [0.1, 0.15) is 36.7 Å². The summed E-state index contributed by atoms with van der Waals surface area (Å²) in [5.74, 6) is -1.23. The topological polar surface area (TPSA) is 128 Å². The van der Waals surface area contributed by atoms with Gasteiger partial charge in [0.2, 0.25) is 0 Å². The van der Waals surface area contributed by atoms with Crippen LogP contribution >= 0.6 is 11.6 Å². The van der Waals surface area contributed by atoms with Crippen LogP contribution in [0.25, 0.3) is 11.0 Å². The smallest absolute Gasteiger partial charge is 0.326 e. The molecule has 3 aromatic rings. The van der Waals surface area contributed by atoms with Gasteiger partial charge in [0.25, 0.3) is 11.5 Å². The zero-order valence-electron chi connectivity index (χ0n) is 18.9. The Kier molecular flexibility index (Phi) is 6.92. The molecular formula is C23H26ClN5O4. The third-order valence-corrected chi connectivity index (χ3v) is 4.96. The molecule has 0 radical (unpaired) electrons. The second kappa shape index (κ2) is 9.50. The van der Waals surface area contributed by atoms with Gasteiger partial charge in [-0.25, -0.2) is 4.98 Å². The van der Waals surface area contributed by atoms with E-state index < -0.39 is 29.6 Å². The second-order valence-corrected chi connectivity index (χ2v) is 8.86. The molecule has 2 aromatic heterocycles. The molecule has 0 atom stereocenters. The Labute approximate surface area is 195 Å². The molecule has 0 fully saturated rings. The number of halogens is 1. The Balaban J connectivity index is 2.05. The van der Waals surface area contributed by atoms with Crippen LogP contribution in [0.4, 0.5) is 11.4 Å². The van der Waals surface area contributed by atoms with Gasteiger partial charge in [-0.1, -0.05) is 23.7 Å². The van der Waals surface area contributed by atoms with Crippen LogP contribution in [0.2, 0.25) is 5.02 Å². The minimum absolute atomic E-state index is 0.149. The SMILES string of the molecule is CNc1c(N)cnc2c1cc(C(=O)NCc1ccc(Cl)cc1)c(=O)n2CC(=O)OC(C)(C)C. The Morgan fingerprint density at radius 1 is 1.21 bits per heavy atom. The molecule has 174 valence electrons. The zero-order chi connectivity index (χ0) is 24.3. The van der Waals surface area contributed by atoms with Crippen molar-refractivity contribution in [3.8, 4) is 0 Å². The number of nitrogen functional groups attached to an aromatic ring is 1. The maximum Gasteiger partial charge on any atom is 0.326 e. The molecule has 3 rings (SSSR count). The first-order chi connectivity index (χ1) is 15.5. The van der Waals surface area contributed by atoms with Gasteiger partial charge in [-0.05, 0) is 44.5 Å². The zero-order valence-corrected chi connectivity index (χ0v) is 19.6. The summed E-state index contributed by atoms with van der Waals surface area (Å²) in [5.41, 5.74) is 6.32. The Bertz CT molecular complexity index is 1260. The van der Waals surface area contributed by atoms with Crippen molar-refractivity contribution < 1.29 is 14.3 Å². The summed E-state index contributed by atoms with van der Waals surface area (Å²) in [7, 11) is 1.66. The van der Waals surface area contributed by atoms with E-state index in [4.69, 9.17) is 22.1 Å². The van der Waals surface area contributed by atoms with E-state index in [2.05, 4.69) is 15.6 Å². The molecule has 4 N–H and O–H groups in total. The highest BCUT2D eigenvalue weighted by atomic mass is 35.5. The molecule has 2 heterocycles. The van der Waals surface area contributed by atoms with Crippen LogP contribution in [-0.2, 0) is 22.6 Å². The first-order valence-corrected chi connectivity index (χ1v) is 10.6. The normalized spacial score (nSPS) is 11.3. The monoisotopic (exact) mass is 471 g/mol. The number of rotatable bonds is 6. The molecule has 0 aliphatic rings. The molecule has 33 heavy (non-hydrogen) atoms. The molecule has 1 aromatic carbocycles. The van der Waals surface area contributed by atoms with Crippen LogP contribution in [-0.4, -0.2) is 34.1 Å². The number of carbonyl (C=O) groups excluding carboxylic acids is 2. The van der Waals surface area contributed by atoms with E-state index in [1.165, 1.54) is 12.3 Å². The minimum Gasteiger partial charge on any atom is -0.459 e. The van der Waals surface area contributed by atoms with Crippen molar-refractivity contribution in [2.45, 2.75) is 39.5 Å². The third kappa shape index (κ3) is 5.61. The van der Waals surface area contributed by atoms with Gasteiger partial charge in [0, 0.05) is 24.0 Å². The van der Waals surface area contributed by atoms with Crippen LogP contribution in [0.15, 0.2) is 41.3 Å². The molecule has 0 aliphatic carbocycles. The molecule has 1 amide bonds. The molecule has 0 saturated carbocycles. The van der Waals surface area contributed by atoms with E-state index in [9.17, 15) is 14.4 Å². The fourth-order valence-corrected chi connectivity index (χ4v) is 3.43. The summed E-state index contributed by atoms with van der Waals surface area (Å²) in [6.07, 6.45) is 1.39. The number of nitrogens with one attached hydrogen (secondary N) is 2. The predicted molar refractivity (Wildman–Crippen MR) is 128 cm³/mol. The van der Waals surface area contributed by atoms with Gasteiger partial charge in [0.15, 0.2) is 0 Å². The van der Waals surface area contributed by atoms with Crippen molar-refractivity contribution in [2.24, 2.45) is 0 Å². The van der Waals surface area contributed by atoms with Gasteiger partial charge in [-0.15, -0.1) is 0 Å². The molecule has 0 spiro atoms. The number of ether oxygens (including phenoxy) is 1. The summed E-state index contributed by atoms with van der Waals surface area (Å²) < 4.78 is 6.49. The van der Waals surface area contributed by atoms with Gasteiger partial charge in [0.1, 0.15) is 23.4 Å². The second-order valence-electron chi connectivity index (χ2n) is 8.42. The van der Waals surface area contributed by atoms with Crippen molar-refractivity contribution in [3.05, 3.63) is 63.0 Å². The lowest BCUT2D eigenvalue weighted by atomic mass is 10.1. The van der Waals surface area contributed by atoms with Gasteiger partial charge in [-0.3, -0.25) is 19.0 Å². The Hall–Kier alpha value is -3.59. The number of amides is 1. The number of nitrogens with two attached hydrogens (primary N) is 1. The van der Waals surface area contributed by atoms with Crippen LogP contribution in [0.3, 0.4) is 0 Å². The number of carbonyl (C=O) groups is 2. The first kappa shape index (κ1) is 24.1. The fourth-order valence-electron chi connectivity index (χ4n) is 3.30. The number of aromatic nitrogens is 2. The summed E-state index contributed by atoms with van der Waals surface area (Å²) >= 11 is 5.90. The number of nitrogens with zero attached hydrogens (tertiary/aromatic N) is 2.